The molecule has 2 rings (SSSR count). The van der Waals surface area contributed by atoms with Gasteiger partial charge in [-0.1, -0.05) is 20.8 Å². The zero-order chi connectivity index (χ0) is 15.4. The average molecular weight is 292 g/mol. The van der Waals surface area contributed by atoms with Gasteiger partial charge in [-0.25, -0.2) is 0 Å². The number of nitrogens with zero attached hydrogens (tertiary/aromatic N) is 2. The van der Waals surface area contributed by atoms with Gasteiger partial charge < -0.3 is 20.7 Å². The molecule has 0 saturated carbocycles. The van der Waals surface area contributed by atoms with Gasteiger partial charge in [-0.05, 0) is 44.0 Å². The SMILES string of the molecule is CC(C)COc1nc(NC2CCN(C)CC2C)ccc1N. The third-order valence-electron chi connectivity index (χ3n) is 3.88. The van der Waals surface area contributed by atoms with Gasteiger partial charge in [0.1, 0.15) is 5.82 Å². The monoisotopic (exact) mass is 292 g/mol. The normalized spacial score (nSPS) is 23.3. The van der Waals surface area contributed by atoms with Crippen molar-refractivity contribution in [1.82, 2.24) is 9.88 Å². The van der Waals surface area contributed by atoms with E-state index in [2.05, 4.69) is 43.0 Å². The number of pyridine rings is 1. The van der Waals surface area contributed by atoms with Crippen LogP contribution in [0.4, 0.5) is 11.5 Å². The predicted molar refractivity (Wildman–Crippen MR) is 87.7 cm³/mol. The van der Waals surface area contributed by atoms with Gasteiger partial charge in [-0.15, -0.1) is 0 Å². The van der Waals surface area contributed by atoms with Crippen molar-refractivity contribution < 1.29 is 4.74 Å². The summed E-state index contributed by atoms with van der Waals surface area (Å²) in [6.45, 7) is 9.36. The molecule has 1 fully saturated rings. The molecule has 1 aliphatic heterocycles. The van der Waals surface area contributed by atoms with Crippen LogP contribution in [0.2, 0.25) is 0 Å². The maximum absolute atomic E-state index is 5.93. The second-order valence-electron chi connectivity index (χ2n) is 6.57. The van der Waals surface area contributed by atoms with Gasteiger partial charge in [-0.2, -0.15) is 4.98 Å². The number of nitrogens with two attached hydrogens (primary N) is 1. The number of ether oxygens (including phenoxy) is 1. The maximum atomic E-state index is 5.93. The summed E-state index contributed by atoms with van der Waals surface area (Å²) >= 11 is 0. The number of likely N-dealkylation sites (tertiary alicyclic amines) is 1. The van der Waals surface area contributed by atoms with Gasteiger partial charge >= 0.3 is 0 Å². The van der Waals surface area contributed by atoms with E-state index in [-0.39, 0.29) is 0 Å². The lowest BCUT2D eigenvalue weighted by atomic mass is 9.94. The largest absolute Gasteiger partial charge is 0.476 e. The minimum atomic E-state index is 0.454. The highest BCUT2D eigenvalue weighted by Crippen LogP contribution is 2.24. The van der Waals surface area contributed by atoms with Gasteiger partial charge in [0, 0.05) is 12.6 Å². The first-order valence-electron chi connectivity index (χ1n) is 7.80. The molecule has 118 valence electrons. The van der Waals surface area contributed by atoms with E-state index in [1.165, 1.54) is 0 Å². The molecule has 1 aromatic rings. The first kappa shape index (κ1) is 15.9. The summed E-state index contributed by atoms with van der Waals surface area (Å²) in [5.74, 6) is 2.44. The molecule has 0 aliphatic carbocycles. The Balaban J connectivity index is 2.01. The Morgan fingerprint density at radius 1 is 1.48 bits per heavy atom. The van der Waals surface area contributed by atoms with E-state index in [0.29, 0.717) is 36.1 Å². The smallest absolute Gasteiger partial charge is 0.239 e. The van der Waals surface area contributed by atoms with E-state index in [0.717, 1.165) is 25.3 Å². The molecule has 21 heavy (non-hydrogen) atoms. The summed E-state index contributed by atoms with van der Waals surface area (Å²) < 4.78 is 5.69. The fraction of sp³-hybridized carbons (Fsp3) is 0.688. The van der Waals surface area contributed by atoms with Crippen molar-refractivity contribution in [2.45, 2.75) is 33.2 Å². The summed E-state index contributed by atoms with van der Waals surface area (Å²) in [5, 5.41) is 3.53. The Kier molecular flexibility index (Phi) is 5.28. The molecule has 0 radical (unpaired) electrons. The molecule has 5 heteroatoms. The van der Waals surface area contributed by atoms with Gasteiger partial charge in [-0.3, -0.25) is 0 Å². The Bertz CT molecular complexity index is 464. The summed E-state index contributed by atoms with van der Waals surface area (Å²) in [6.07, 6.45) is 1.13. The number of anilines is 2. The molecule has 2 heterocycles. The first-order chi connectivity index (χ1) is 9.95. The molecular formula is C16H28N4O. The molecule has 1 saturated heterocycles. The minimum Gasteiger partial charge on any atom is -0.476 e. The van der Waals surface area contributed by atoms with Crippen molar-refractivity contribution in [2.24, 2.45) is 11.8 Å². The van der Waals surface area contributed by atoms with E-state index in [9.17, 15) is 0 Å². The van der Waals surface area contributed by atoms with Gasteiger partial charge in [0.15, 0.2) is 0 Å². The van der Waals surface area contributed by atoms with Crippen LogP contribution in [0.25, 0.3) is 0 Å². The highest BCUT2D eigenvalue weighted by Gasteiger charge is 2.24. The van der Waals surface area contributed by atoms with Crippen molar-refractivity contribution in [3.8, 4) is 5.88 Å². The third-order valence-corrected chi connectivity index (χ3v) is 3.88. The van der Waals surface area contributed by atoms with Crippen LogP contribution in [0.15, 0.2) is 12.1 Å². The molecule has 0 bridgehead atoms. The molecule has 0 amide bonds. The minimum absolute atomic E-state index is 0.454. The van der Waals surface area contributed by atoms with Crippen LogP contribution in [0.3, 0.4) is 0 Å². The lowest BCUT2D eigenvalue weighted by Crippen LogP contribution is -2.43. The molecule has 1 aliphatic rings. The van der Waals surface area contributed by atoms with E-state index in [1.807, 2.05) is 12.1 Å². The van der Waals surface area contributed by atoms with E-state index in [1.54, 1.807) is 0 Å². The zero-order valence-electron chi connectivity index (χ0n) is 13.6. The summed E-state index contributed by atoms with van der Waals surface area (Å²) in [5.41, 5.74) is 6.53. The molecular weight excluding hydrogens is 264 g/mol. The lowest BCUT2D eigenvalue weighted by Gasteiger charge is -2.35. The molecule has 0 spiro atoms. The van der Waals surface area contributed by atoms with Crippen LogP contribution in [0.5, 0.6) is 5.88 Å². The van der Waals surface area contributed by atoms with Crippen LogP contribution in [-0.2, 0) is 0 Å². The van der Waals surface area contributed by atoms with Crippen LogP contribution in [-0.4, -0.2) is 42.7 Å². The number of nitrogen functional groups attached to an aromatic ring is 1. The Morgan fingerprint density at radius 3 is 2.90 bits per heavy atom. The first-order valence-corrected chi connectivity index (χ1v) is 7.80. The molecule has 5 nitrogen and oxygen atoms in total. The number of piperidine rings is 1. The molecule has 3 N–H and O–H groups in total. The maximum Gasteiger partial charge on any atom is 0.239 e. The fourth-order valence-corrected chi connectivity index (χ4v) is 2.65. The lowest BCUT2D eigenvalue weighted by molar-refractivity contribution is 0.206. The topological polar surface area (TPSA) is 63.4 Å². The van der Waals surface area contributed by atoms with E-state index < -0.39 is 0 Å². The van der Waals surface area contributed by atoms with Crippen LogP contribution >= 0.6 is 0 Å². The Morgan fingerprint density at radius 2 is 2.24 bits per heavy atom. The number of nitrogens with one attached hydrogen (secondary N) is 1. The highest BCUT2D eigenvalue weighted by molar-refractivity contribution is 5.53. The third kappa shape index (κ3) is 4.49. The van der Waals surface area contributed by atoms with Gasteiger partial charge in [0.2, 0.25) is 5.88 Å². The number of aromatic nitrogens is 1. The van der Waals surface area contributed by atoms with Crippen LogP contribution < -0.4 is 15.8 Å². The Labute approximate surface area is 127 Å². The van der Waals surface area contributed by atoms with Crippen LogP contribution in [0.1, 0.15) is 27.2 Å². The summed E-state index contributed by atoms with van der Waals surface area (Å²) in [6, 6.07) is 4.25. The van der Waals surface area contributed by atoms with Crippen LogP contribution in [0, 0.1) is 11.8 Å². The summed E-state index contributed by atoms with van der Waals surface area (Å²) in [4.78, 5) is 6.89. The number of hydrogen-bond acceptors (Lipinski definition) is 5. The second kappa shape index (κ2) is 6.98. The quantitative estimate of drug-likeness (QED) is 0.873. The molecule has 0 aromatic carbocycles. The average Bonchev–Trinajstić information content (AvgIpc) is 2.42. The molecule has 1 aromatic heterocycles. The zero-order valence-corrected chi connectivity index (χ0v) is 13.6. The summed E-state index contributed by atoms with van der Waals surface area (Å²) in [7, 11) is 2.17. The van der Waals surface area contributed by atoms with Crippen molar-refractivity contribution >= 4 is 11.5 Å². The van der Waals surface area contributed by atoms with Crippen molar-refractivity contribution in [3.63, 3.8) is 0 Å². The Hall–Kier alpha value is -1.49. The van der Waals surface area contributed by atoms with Gasteiger partial charge in [0.05, 0.1) is 12.3 Å². The molecule has 2 unspecified atom stereocenters. The van der Waals surface area contributed by atoms with Crippen molar-refractivity contribution in [1.29, 1.82) is 0 Å². The second-order valence-corrected chi connectivity index (χ2v) is 6.57. The van der Waals surface area contributed by atoms with Crippen molar-refractivity contribution in [3.05, 3.63) is 12.1 Å². The van der Waals surface area contributed by atoms with Gasteiger partial charge in [0.25, 0.3) is 0 Å². The predicted octanol–water partition coefficient (Wildman–Crippen LogP) is 2.45. The highest BCUT2D eigenvalue weighted by atomic mass is 16.5. The number of hydrogen-bond donors (Lipinski definition) is 2. The van der Waals surface area contributed by atoms with E-state index in [4.69, 9.17) is 10.5 Å². The number of rotatable bonds is 5. The fourth-order valence-electron chi connectivity index (χ4n) is 2.65. The standard InChI is InChI=1S/C16H28N4O/c1-11(2)10-21-16-13(17)5-6-15(19-16)18-14-7-8-20(4)9-12(14)3/h5-6,11-12,14H,7-10,17H2,1-4H3,(H,18,19). The van der Waals surface area contributed by atoms with E-state index >= 15 is 0 Å². The molecule has 2 atom stereocenters. The van der Waals surface area contributed by atoms with Crippen molar-refractivity contribution in [2.75, 3.05) is 37.8 Å².